The largest absolute Gasteiger partial charge is 0.481 e. The molecule has 0 aliphatic carbocycles. The van der Waals surface area contributed by atoms with Crippen molar-refractivity contribution in [2.24, 2.45) is 0 Å². The van der Waals surface area contributed by atoms with Crippen LogP contribution in [0.15, 0.2) is 12.2 Å². The zero-order valence-corrected chi connectivity index (χ0v) is 13.7. The molecule has 0 aliphatic rings. The molecular weight excluding hydrogens is 264 g/mol. The van der Waals surface area contributed by atoms with Crippen LogP contribution in [0.25, 0.3) is 0 Å². The predicted octanol–water partition coefficient (Wildman–Crippen LogP) is 5.08. The fourth-order valence-corrected chi connectivity index (χ4v) is 2.35. The van der Waals surface area contributed by atoms with Crippen molar-refractivity contribution in [2.45, 2.75) is 96.5 Å². The molecule has 0 aromatic carbocycles. The van der Waals surface area contributed by atoms with Gasteiger partial charge in [0, 0.05) is 6.42 Å². The maximum Gasteiger partial charge on any atom is 0.303 e. The molecule has 124 valence electrons. The van der Waals surface area contributed by atoms with Crippen LogP contribution >= 0.6 is 0 Å². The van der Waals surface area contributed by atoms with Crippen LogP contribution in [-0.2, 0) is 4.79 Å². The topological polar surface area (TPSA) is 57.5 Å². The first-order valence-corrected chi connectivity index (χ1v) is 8.71. The van der Waals surface area contributed by atoms with Crippen molar-refractivity contribution in [3.05, 3.63) is 12.2 Å². The molecule has 0 amide bonds. The summed E-state index contributed by atoms with van der Waals surface area (Å²) in [7, 11) is 0. The molecule has 0 aromatic rings. The summed E-state index contributed by atoms with van der Waals surface area (Å²) < 4.78 is 0. The number of unbranched alkanes of at least 4 members (excludes halogenated alkanes) is 8. The molecule has 0 spiro atoms. The Hall–Kier alpha value is -0.830. The van der Waals surface area contributed by atoms with Gasteiger partial charge in [-0.2, -0.15) is 0 Å². The summed E-state index contributed by atoms with van der Waals surface area (Å²) >= 11 is 0. The second-order valence-electron chi connectivity index (χ2n) is 5.90. The highest BCUT2D eigenvalue weighted by Crippen LogP contribution is 2.10. The van der Waals surface area contributed by atoms with E-state index >= 15 is 0 Å². The van der Waals surface area contributed by atoms with E-state index in [9.17, 15) is 9.90 Å². The third kappa shape index (κ3) is 17.1. The second-order valence-corrected chi connectivity index (χ2v) is 5.90. The fraction of sp³-hybridized carbons (Fsp3) is 0.833. The minimum absolute atomic E-state index is 0.0688. The quantitative estimate of drug-likeness (QED) is 0.327. The van der Waals surface area contributed by atoms with Gasteiger partial charge in [-0.15, -0.1) is 0 Å². The molecule has 0 bridgehead atoms. The highest BCUT2D eigenvalue weighted by atomic mass is 16.4. The van der Waals surface area contributed by atoms with Crippen LogP contribution in [0.4, 0.5) is 0 Å². The number of aliphatic hydroxyl groups is 1. The van der Waals surface area contributed by atoms with E-state index in [1.807, 2.05) is 0 Å². The number of carbonyl (C=O) groups is 1. The van der Waals surface area contributed by atoms with Crippen LogP contribution < -0.4 is 0 Å². The third-order valence-corrected chi connectivity index (χ3v) is 3.74. The van der Waals surface area contributed by atoms with Gasteiger partial charge in [0.05, 0.1) is 6.10 Å². The van der Waals surface area contributed by atoms with E-state index in [1.165, 1.54) is 44.9 Å². The van der Waals surface area contributed by atoms with Gasteiger partial charge in [-0.3, -0.25) is 4.79 Å². The zero-order valence-electron chi connectivity index (χ0n) is 13.7. The van der Waals surface area contributed by atoms with E-state index in [4.69, 9.17) is 5.11 Å². The van der Waals surface area contributed by atoms with Crippen LogP contribution in [0.5, 0.6) is 0 Å². The first kappa shape index (κ1) is 20.2. The molecule has 0 aliphatic heterocycles. The van der Waals surface area contributed by atoms with E-state index in [2.05, 4.69) is 19.1 Å². The molecule has 0 saturated heterocycles. The lowest BCUT2D eigenvalue weighted by atomic mass is 10.1. The maximum absolute atomic E-state index is 10.4. The third-order valence-electron chi connectivity index (χ3n) is 3.74. The lowest BCUT2D eigenvalue weighted by molar-refractivity contribution is -0.137. The van der Waals surface area contributed by atoms with Crippen molar-refractivity contribution in [2.75, 3.05) is 0 Å². The zero-order chi connectivity index (χ0) is 15.8. The van der Waals surface area contributed by atoms with E-state index in [0.29, 0.717) is 6.42 Å². The molecule has 0 aromatic heterocycles. The number of rotatable bonds is 15. The van der Waals surface area contributed by atoms with E-state index in [1.54, 1.807) is 0 Å². The number of aliphatic carboxylic acids is 1. The SMILES string of the molecule is CCCCCCCC/C=C/CCCCC(O)CCC(=O)O. The minimum atomic E-state index is -0.827. The van der Waals surface area contributed by atoms with Gasteiger partial charge in [0.2, 0.25) is 0 Å². The smallest absolute Gasteiger partial charge is 0.303 e. The maximum atomic E-state index is 10.4. The van der Waals surface area contributed by atoms with Crippen LogP contribution in [0.2, 0.25) is 0 Å². The number of allylic oxidation sites excluding steroid dienone is 2. The van der Waals surface area contributed by atoms with Gasteiger partial charge in [-0.25, -0.2) is 0 Å². The molecule has 0 saturated carbocycles. The van der Waals surface area contributed by atoms with Gasteiger partial charge >= 0.3 is 5.97 Å². The van der Waals surface area contributed by atoms with Gasteiger partial charge in [0.1, 0.15) is 0 Å². The van der Waals surface area contributed by atoms with Crippen molar-refractivity contribution < 1.29 is 15.0 Å². The molecule has 0 rings (SSSR count). The Bertz CT molecular complexity index is 261. The molecule has 0 radical (unpaired) electrons. The normalized spacial score (nSPS) is 12.9. The lowest BCUT2D eigenvalue weighted by Crippen LogP contribution is -2.09. The number of carboxylic acid groups (broad SMARTS) is 1. The Morgan fingerprint density at radius 3 is 2.10 bits per heavy atom. The Labute approximate surface area is 130 Å². The van der Waals surface area contributed by atoms with E-state index in [0.717, 1.165) is 25.7 Å². The summed E-state index contributed by atoms with van der Waals surface area (Å²) in [6.45, 7) is 2.24. The van der Waals surface area contributed by atoms with Gasteiger partial charge < -0.3 is 10.2 Å². The average molecular weight is 298 g/mol. The molecule has 3 nitrogen and oxygen atoms in total. The summed E-state index contributed by atoms with van der Waals surface area (Å²) in [4.78, 5) is 10.4. The molecule has 0 fully saturated rings. The highest BCUT2D eigenvalue weighted by Gasteiger charge is 2.06. The Balaban J connectivity index is 3.23. The van der Waals surface area contributed by atoms with Gasteiger partial charge in [-0.05, 0) is 38.5 Å². The van der Waals surface area contributed by atoms with Crippen molar-refractivity contribution in [1.82, 2.24) is 0 Å². The standard InChI is InChI=1S/C18H34O3/c1-2-3-4-5-6-7-8-9-10-11-12-13-14-17(19)15-16-18(20)21/h9-10,17,19H,2-8,11-16H2,1H3,(H,20,21)/b10-9+. The predicted molar refractivity (Wildman–Crippen MR) is 88.5 cm³/mol. The van der Waals surface area contributed by atoms with E-state index < -0.39 is 12.1 Å². The van der Waals surface area contributed by atoms with E-state index in [-0.39, 0.29) is 6.42 Å². The Morgan fingerprint density at radius 2 is 1.48 bits per heavy atom. The van der Waals surface area contributed by atoms with Crippen LogP contribution in [0.1, 0.15) is 90.4 Å². The second kappa shape index (κ2) is 15.6. The van der Waals surface area contributed by atoms with Gasteiger partial charge in [-0.1, -0.05) is 57.6 Å². The molecule has 2 N–H and O–H groups in total. The van der Waals surface area contributed by atoms with Crippen molar-refractivity contribution in [3.63, 3.8) is 0 Å². The number of carboxylic acids is 1. The minimum Gasteiger partial charge on any atom is -0.481 e. The summed E-state index contributed by atoms with van der Waals surface area (Å²) in [6, 6.07) is 0. The Morgan fingerprint density at radius 1 is 0.905 bits per heavy atom. The van der Waals surface area contributed by atoms with Crippen molar-refractivity contribution in [3.8, 4) is 0 Å². The molecule has 1 atom stereocenters. The molecule has 3 heteroatoms. The first-order valence-electron chi connectivity index (χ1n) is 8.71. The summed E-state index contributed by atoms with van der Waals surface area (Å²) in [6.07, 6.45) is 17.6. The monoisotopic (exact) mass is 298 g/mol. The fourth-order valence-electron chi connectivity index (χ4n) is 2.35. The van der Waals surface area contributed by atoms with Crippen LogP contribution in [0, 0.1) is 0 Å². The average Bonchev–Trinajstić information content (AvgIpc) is 2.46. The van der Waals surface area contributed by atoms with Gasteiger partial charge in [0.25, 0.3) is 0 Å². The summed E-state index contributed by atoms with van der Waals surface area (Å²) in [5.74, 6) is -0.827. The first-order chi connectivity index (χ1) is 10.2. The summed E-state index contributed by atoms with van der Waals surface area (Å²) in [5.41, 5.74) is 0. The number of aliphatic hydroxyl groups excluding tert-OH is 1. The van der Waals surface area contributed by atoms with Crippen molar-refractivity contribution >= 4 is 5.97 Å². The van der Waals surface area contributed by atoms with Crippen LogP contribution in [-0.4, -0.2) is 22.3 Å². The summed E-state index contributed by atoms with van der Waals surface area (Å²) in [5, 5.41) is 18.1. The van der Waals surface area contributed by atoms with Crippen molar-refractivity contribution in [1.29, 1.82) is 0 Å². The number of hydrogen-bond donors (Lipinski definition) is 2. The Kier molecular flexibility index (Phi) is 14.9. The molecule has 0 heterocycles. The van der Waals surface area contributed by atoms with Gasteiger partial charge in [0.15, 0.2) is 0 Å². The van der Waals surface area contributed by atoms with Crippen LogP contribution in [0.3, 0.4) is 0 Å². The molecule has 21 heavy (non-hydrogen) atoms. The number of hydrogen-bond acceptors (Lipinski definition) is 2. The molecule has 1 unspecified atom stereocenters. The highest BCUT2D eigenvalue weighted by molar-refractivity contribution is 5.66. The lowest BCUT2D eigenvalue weighted by Gasteiger charge is -2.07. The molecular formula is C18H34O3.